The van der Waals surface area contributed by atoms with Gasteiger partial charge in [-0.3, -0.25) is 4.98 Å². The van der Waals surface area contributed by atoms with Gasteiger partial charge in [0.2, 0.25) is 0 Å². The Balaban J connectivity index is 2.32. The van der Waals surface area contributed by atoms with Crippen LogP contribution in [0.1, 0.15) is 22.3 Å². The van der Waals surface area contributed by atoms with Crippen LogP contribution in [0.25, 0.3) is 0 Å². The summed E-state index contributed by atoms with van der Waals surface area (Å²) in [5, 5.41) is 20.9. The van der Waals surface area contributed by atoms with Crippen LogP contribution in [0, 0.1) is 11.3 Å². The third-order valence-corrected chi connectivity index (χ3v) is 3.71. The topological polar surface area (TPSA) is 56.9 Å². The van der Waals surface area contributed by atoms with Crippen molar-refractivity contribution in [3.63, 3.8) is 0 Å². The van der Waals surface area contributed by atoms with Crippen LogP contribution >= 0.6 is 0 Å². The van der Waals surface area contributed by atoms with Crippen molar-refractivity contribution in [1.29, 1.82) is 5.26 Å². The Labute approximate surface area is 129 Å². The lowest BCUT2D eigenvalue weighted by Gasteiger charge is -2.30. The van der Waals surface area contributed by atoms with Crippen molar-refractivity contribution in [3.05, 3.63) is 101 Å². The molecule has 0 aliphatic heterocycles. The van der Waals surface area contributed by atoms with Gasteiger partial charge in [0.15, 0.2) is 0 Å². The summed E-state index contributed by atoms with van der Waals surface area (Å²) in [4.78, 5) is 3.98. The van der Waals surface area contributed by atoms with Gasteiger partial charge in [-0.15, -0.1) is 0 Å². The van der Waals surface area contributed by atoms with E-state index in [4.69, 9.17) is 0 Å². The molecule has 0 aliphatic carbocycles. The fourth-order valence-corrected chi connectivity index (χ4v) is 2.64. The quantitative estimate of drug-likeness (QED) is 0.804. The van der Waals surface area contributed by atoms with Crippen LogP contribution in [0.4, 0.5) is 0 Å². The first-order valence-electron chi connectivity index (χ1n) is 6.95. The molecule has 3 rings (SSSR count). The van der Waals surface area contributed by atoms with Crippen molar-refractivity contribution >= 4 is 0 Å². The molecular formula is C19H14N2O. The monoisotopic (exact) mass is 286 g/mol. The largest absolute Gasteiger partial charge is 0.376 e. The zero-order valence-corrected chi connectivity index (χ0v) is 11.8. The van der Waals surface area contributed by atoms with E-state index in [-0.39, 0.29) is 0 Å². The summed E-state index contributed by atoms with van der Waals surface area (Å²) < 4.78 is 0. The molecule has 0 aliphatic rings. The predicted octanol–water partition coefficient (Wildman–Crippen LogP) is 3.24. The highest BCUT2D eigenvalue weighted by Gasteiger charge is 2.35. The van der Waals surface area contributed by atoms with E-state index < -0.39 is 5.60 Å². The predicted molar refractivity (Wildman–Crippen MR) is 83.9 cm³/mol. The van der Waals surface area contributed by atoms with Crippen molar-refractivity contribution in [2.75, 3.05) is 0 Å². The molecule has 3 heteroatoms. The molecular weight excluding hydrogens is 272 g/mol. The van der Waals surface area contributed by atoms with Crippen LogP contribution in [0.2, 0.25) is 0 Å². The number of rotatable bonds is 3. The molecule has 1 aromatic heterocycles. The first kappa shape index (κ1) is 14.0. The Kier molecular flexibility index (Phi) is 3.69. The zero-order chi connectivity index (χ0) is 15.4. The molecule has 0 saturated carbocycles. The standard InChI is InChI=1S/C19H14N2O/c20-13-15-14-21-12-11-18(15)19(22,16-7-3-1-4-8-16)17-9-5-2-6-10-17/h1-12,14,22H. The van der Waals surface area contributed by atoms with Gasteiger partial charge in [-0.25, -0.2) is 0 Å². The summed E-state index contributed by atoms with van der Waals surface area (Å²) in [7, 11) is 0. The van der Waals surface area contributed by atoms with Crippen LogP contribution in [-0.4, -0.2) is 10.1 Å². The highest BCUT2D eigenvalue weighted by molar-refractivity contribution is 5.52. The molecule has 22 heavy (non-hydrogen) atoms. The molecule has 106 valence electrons. The maximum absolute atomic E-state index is 11.6. The van der Waals surface area contributed by atoms with Crippen LogP contribution < -0.4 is 0 Å². The molecule has 0 atom stereocenters. The number of nitriles is 1. The second-order valence-corrected chi connectivity index (χ2v) is 4.98. The van der Waals surface area contributed by atoms with Crippen molar-refractivity contribution in [3.8, 4) is 6.07 Å². The van der Waals surface area contributed by atoms with E-state index in [9.17, 15) is 10.4 Å². The van der Waals surface area contributed by atoms with Gasteiger partial charge >= 0.3 is 0 Å². The number of pyridine rings is 1. The molecule has 1 N–H and O–H groups in total. The van der Waals surface area contributed by atoms with Crippen LogP contribution in [-0.2, 0) is 5.60 Å². The summed E-state index contributed by atoms with van der Waals surface area (Å²) in [6.07, 6.45) is 3.07. The molecule has 0 unspecified atom stereocenters. The molecule has 0 bridgehead atoms. The highest BCUT2D eigenvalue weighted by Crippen LogP contribution is 2.37. The second kappa shape index (κ2) is 5.80. The van der Waals surface area contributed by atoms with Gasteiger partial charge < -0.3 is 5.11 Å². The van der Waals surface area contributed by atoms with Gasteiger partial charge in [-0.05, 0) is 17.2 Å². The Morgan fingerprint density at radius 3 is 1.91 bits per heavy atom. The Bertz CT molecular complexity index is 768. The van der Waals surface area contributed by atoms with Crippen LogP contribution in [0.5, 0.6) is 0 Å². The number of hydrogen-bond acceptors (Lipinski definition) is 3. The lowest BCUT2D eigenvalue weighted by atomic mass is 9.79. The first-order chi connectivity index (χ1) is 10.8. The average Bonchev–Trinajstić information content (AvgIpc) is 2.62. The minimum Gasteiger partial charge on any atom is -0.376 e. The molecule has 3 aromatic rings. The zero-order valence-electron chi connectivity index (χ0n) is 11.8. The van der Waals surface area contributed by atoms with Gasteiger partial charge in [-0.2, -0.15) is 5.26 Å². The molecule has 0 spiro atoms. The van der Waals surface area contributed by atoms with Gasteiger partial charge in [0, 0.05) is 18.0 Å². The number of benzene rings is 2. The summed E-state index contributed by atoms with van der Waals surface area (Å²) in [6.45, 7) is 0. The summed E-state index contributed by atoms with van der Waals surface area (Å²) in [5.74, 6) is 0. The molecule has 0 fully saturated rings. The van der Waals surface area contributed by atoms with E-state index in [0.29, 0.717) is 22.3 Å². The third-order valence-electron chi connectivity index (χ3n) is 3.71. The van der Waals surface area contributed by atoms with Gasteiger partial charge in [0.05, 0.1) is 5.56 Å². The minimum absolute atomic E-state index is 0.359. The SMILES string of the molecule is N#Cc1cnccc1C(O)(c1ccccc1)c1ccccc1. The van der Waals surface area contributed by atoms with E-state index in [1.807, 2.05) is 60.7 Å². The first-order valence-corrected chi connectivity index (χ1v) is 6.95. The minimum atomic E-state index is -1.39. The van der Waals surface area contributed by atoms with Gasteiger partial charge in [-0.1, -0.05) is 60.7 Å². The van der Waals surface area contributed by atoms with Crippen molar-refractivity contribution in [1.82, 2.24) is 4.98 Å². The fourth-order valence-electron chi connectivity index (χ4n) is 2.64. The smallest absolute Gasteiger partial charge is 0.141 e. The van der Waals surface area contributed by atoms with E-state index in [0.717, 1.165) is 0 Å². The number of nitrogens with zero attached hydrogens (tertiary/aromatic N) is 2. The Hall–Kier alpha value is -2.96. The molecule has 1 heterocycles. The van der Waals surface area contributed by atoms with Crippen molar-refractivity contribution in [2.24, 2.45) is 0 Å². The molecule has 0 saturated heterocycles. The normalized spacial score (nSPS) is 10.9. The second-order valence-electron chi connectivity index (χ2n) is 4.98. The fraction of sp³-hybridized carbons (Fsp3) is 0.0526. The van der Waals surface area contributed by atoms with E-state index >= 15 is 0 Å². The lowest BCUT2D eigenvalue weighted by molar-refractivity contribution is 0.125. The average molecular weight is 286 g/mol. The third kappa shape index (κ3) is 2.26. The highest BCUT2D eigenvalue weighted by atomic mass is 16.3. The van der Waals surface area contributed by atoms with Crippen LogP contribution in [0.15, 0.2) is 79.1 Å². The van der Waals surface area contributed by atoms with E-state index in [1.165, 1.54) is 6.20 Å². The lowest BCUT2D eigenvalue weighted by Crippen LogP contribution is -2.30. The number of aromatic nitrogens is 1. The summed E-state index contributed by atoms with van der Waals surface area (Å²) in [5.41, 5.74) is 0.921. The number of aliphatic hydroxyl groups is 1. The van der Waals surface area contributed by atoms with Crippen molar-refractivity contribution < 1.29 is 5.11 Å². The maximum Gasteiger partial charge on any atom is 0.141 e. The van der Waals surface area contributed by atoms with E-state index in [1.54, 1.807) is 12.3 Å². The van der Waals surface area contributed by atoms with Crippen molar-refractivity contribution in [2.45, 2.75) is 5.60 Å². The van der Waals surface area contributed by atoms with Gasteiger partial charge in [0.25, 0.3) is 0 Å². The molecule has 3 nitrogen and oxygen atoms in total. The maximum atomic E-state index is 11.6. The number of hydrogen-bond donors (Lipinski definition) is 1. The molecule has 0 radical (unpaired) electrons. The summed E-state index contributed by atoms with van der Waals surface area (Å²) in [6, 6.07) is 22.5. The van der Waals surface area contributed by atoms with E-state index in [2.05, 4.69) is 11.1 Å². The van der Waals surface area contributed by atoms with Gasteiger partial charge in [0.1, 0.15) is 11.7 Å². The molecule has 2 aromatic carbocycles. The summed E-state index contributed by atoms with van der Waals surface area (Å²) >= 11 is 0. The Morgan fingerprint density at radius 2 is 1.41 bits per heavy atom. The Morgan fingerprint density at radius 1 is 0.864 bits per heavy atom. The van der Waals surface area contributed by atoms with Crippen LogP contribution in [0.3, 0.4) is 0 Å². The molecule has 0 amide bonds.